The highest BCUT2D eigenvalue weighted by molar-refractivity contribution is 5.58. The van der Waals surface area contributed by atoms with Gasteiger partial charge in [-0.05, 0) is 19.8 Å². The van der Waals surface area contributed by atoms with Gasteiger partial charge in [0.05, 0.1) is 24.1 Å². The van der Waals surface area contributed by atoms with Crippen molar-refractivity contribution in [2.45, 2.75) is 39.0 Å². The van der Waals surface area contributed by atoms with E-state index >= 15 is 0 Å². The average Bonchev–Trinajstić information content (AvgIpc) is 3.06. The SMILES string of the molecule is CNc1nc(Nc2cnn(CC3(Cn4cncn4)CC3)c2C)ncc1C(F)(F)F. The Hall–Kier alpha value is -3.18. The third kappa shape index (κ3) is 4.00. The van der Waals surface area contributed by atoms with Gasteiger partial charge in [0.15, 0.2) is 0 Å². The molecule has 12 heteroatoms. The summed E-state index contributed by atoms with van der Waals surface area (Å²) in [6, 6.07) is 0. The van der Waals surface area contributed by atoms with Crippen molar-refractivity contribution in [1.29, 1.82) is 0 Å². The predicted octanol–water partition coefficient (Wildman–Crippen LogP) is 2.86. The lowest BCUT2D eigenvalue weighted by molar-refractivity contribution is -0.137. The molecule has 0 aromatic carbocycles. The van der Waals surface area contributed by atoms with Crippen LogP contribution in [0, 0.1) is 12.3 Å². The summed E-state index contributed by atoms with van der Waals surface area (Å²) >= 11 is 0. The minimum absolute atomic E-state index is 0.0637. The summed E-state index contributed by atoms with van der Waals surface area (Å²) < 4.78 is 42.7. The molecule has 0 saturated heterocycles. The second-order valence-corrected chi connectivity index (χ2v) is 7.22. The summed E-state index contributed by atoms with van der Waals surface area (Å²) in [5.41, 5.74) is 0.667. The molecule has 4 rings (SSSR count). The topological polar surface area (TPSA) is 98.4 Å². The quantitative estimate of drug-likeness (QED) is 0.621. The number of halogens is 3. The van der Waals surface area contributed by atoms with E-state index in [0.29, 0.717) is 5.69 Å². The van der Waals surface area contributed by atoms with Crippen LogP contribution in [0.25, 0.3) is 0 Å². The molecule has 0 aliphatic heterocycles. The summed E-state index contributed by atoms with van der Waals surface area (Å²) in [6.45, 7) is 3.38. The van der Waals surface area contributed by atoms with Gasteiger partial charge in [-0.2, -0.15) is 28.4 Å². The number of hydrogen-bond donors (Lipinski definition) is 2. The van der Waals surface area contributed by atoms with Crippen LogP contribution < -0.4 is 10.6 Å². The molecular weight excluding hydrogens is 387 g/mol. The van der Waals surface area contributed by atoms with Gasteiger partial charge in [-0.15, -0.1) is 0 Å². The van der Waals surface area contributed by atoms with E-state index in [1.54, 1.807) is 12.5 Å². The highest BCUT2D eigenvalue weighted by atomic mass is 19.4. The van der Waals surface area contributed by atoms with Gasteiger partial charge < -0.3 is 10.6 Å². The molecule has 0 radical (unpaired) electrons. The Morgan fingerprint density at radius 1 is 1.17 bits per heavy atom. The summed E-state index contributed by atoms with van der Waals surface area (Å²) in [5, 5.41) is 14.0. The molecule has 1 aliphatic rings. The number of aromatic nitrogens is 7. The molecule has 1 fully saturated rings. The first-order chi connectivity index (χ1) is 13.8. The van der Waals surface area contributed by atoms with Crippen molar-refractivity contribution in [1.82, 2.24) is 34.5 Å². The van der Waals surface area contributed by atoms with Crippen LogP contribution in [0.5, 0.6) is 0 Å². The van der Waals surface area contributed by atoms with Crippen LogP contribution >= 0.6 is 0 Å². The Balaban J connectivity index is 1.49. The van der Waals surface area contributed by atoms with E-state index in [1.807, 2.05) is 16.3 Å². The van der Waals surface area contributed by atoms with Gasteiger partial charge in [0.25, 0.3) is 0 Å². The van der Waals surface area contributed by atoms with E-state index in [-0.39, 0.29) is 17.2 Å². The maximum absolute atomic E-state index is 13.0. The Morgan fingerprint density at radius 3 is 2.59 bits per heavy atom. The van der Waals surface area contributed by atoms with E-state index < -0.39 is 11.7 Å². The van der Waals surface area contributed by atoms with Gasteiger partial charge in [-0.25, -0.2) is 9.97 Å². The first-order valence-electron chi connectivity index (χ1n) is 9.03. The number of nitrogens with zero attached hydrogens (tertiary/aromatic N) is 7. The number of anilines is 3. The zero-order valence-electron chi connectivity index (χ0n) is 15.9. The lowest BCUT2D eigenvalue weighted by Crippen LogP contribution is -2.20. The molecule has 2 N–H and O–H groups in total. The summed E-state index contributed by atoms with van der Waals surface area (Å²) in [6.07, 6.45) is 3.22. The number of hydrogen-bond acceptors (Lipinski definition) is 7. The van der Waals surface area contributed by atoms with Crippen LogP contribution in [-0.2, 0) is 19.3 Å². The second-order valence-electron chi connectivity index (χ2n) is 7.22. The normalized spacial score (nSPS) is 15.3. The van der Waals surface area contributed by atoms with Gasteiger partial charge >= 0.3 is 6.18 Å². The van der Waals surface area contributed by atoms with Crippen molar-refractivity contribution in [2.24, 2.45) is 5.41 Å². The number of alkyl halides is 3. The first-order valence-corrected chi connectivity index (χ1v) is 9.03. The van der Waals surface area contributed by atoms with Crippen molar-refractivity contribution in [3.05, 3.63) is 36.3 Å². The van der Waals surface area contributed by atoms with Crippen molar-refractivity contribution in [3.63, 3.8) is 0 Å². The number of rotatable bonds is 7. The third-order valence-corrected chi connectivity index (χ3v) is 5.09. The molecule has 0 unspecified atom stereocenters. The molecule has 0 bridgehead atoms. The van der Waals surface area contributed by atoms with Crippen molar-refractivity contribution < 1.29 is 13.2 Å². The molecule has 1 aliphatic carbocycles. The fraction of sp³-hybridized carbons (Fsp3) is 0.471. The van der Waals surface area contributed by atoms with Gasteiger partial charge in [-0.1, -0.05) is 0 Å². The van der Waals surface area contributed by atoms with Gasteiger partial charge in [0.1, 0.15) is 24.0 Å². The monoisotopic (exact) mass is 407 g/mol. The number of nitrogens with one attached hydrogen (secondary N) is 2. The molecule has 1 saturated carbocycles. The maximum Gasteiger partial charge on any atom is 0.421 e. The highest BCUT2D eigenvalue weighted by Crippen LogP contribution is 2.48. The van der Waals surface area contributed by atoms with Crippen LogP contribution in [-0.4, -0.2) is 41.6 Å². The van der Waals surface area contributed by atoms with Crippen molar-refractivity contribution >= 4 is 17.5 Å². The zero-order chi connectivity index (χ0) is 20.6. The van der Waals surface area contributed by atoms with E-state index in [2.05, 4.69) is 35.8 Å². The fourth-order valence-corrected chi connectivity index (χ4v) is 3.21. The van der Waals surface area contributed by atoms with E-state index in [4.69, 9.17) is 0 Å². The molecule has 3 aromatic rings. The molecule has 3 aromatic heterocycles. The molecular formula is C17H20F3N9. The molecule has 0 atom stereocenters. The van der Waals surface area contributed by atoms with Crippen LogP contribution in [0.15, 0.2) is 25.0 Å². The first kappa shape index (κ1) is 19.2. The molecule has 0 amide bonds. The van der Waals surface area contributed by atoms with Crippen LogP contribution in [0.1, 0.15) is 24.1 Å². The summed E-state index contributed by atoms with van der Waals surface area (Å²) in [4.78, 5) is 11.7. The van der Waals surface area contributed by atoms with Crippen molar-refractivity contribution in [2.75, 3.05) is 17.7 Å². The average molecular weight is 407 g/mol. The largest absolute Gasteiger partial charge is 0.421 e. The Labute approximate surface area is 164 Å². The smallest absolute Gasteiger partial charge is 0.372 e. The van der Waals surface area contributed by atoms with Crippen molar-refractivity contribution in [3.8, 4) is 0 Å². The zero-order valence-corrected chi connectivity index (χ0v) is 15.9. The molecule has 0 spiro atoms. The van der Waals surface area contributed by atoms with Gasteiger partial charge in [0.2, 0.25) is 5.95 Å². The summed E-state index contributed by atoms with van der Waals surface area (Å²) in [7, 11) is 1.38. The lowest BCUT2D eigenvalue weighted by Gasteiger charge is -2.16. The Kier molecular flexibility index (Phi) is 4.63. The maximum atomic E-state index is 13.0. The molecule has 3 heterocycles. The lowest BCUT2D eigenvalue weighted by atomic mass is 10.1. The predicted molar refractivity (Wildman–Crippen MR) is 98.5 cm³/mol. The van der Waals surface area contributed by atoms with Gasteiger partial charge in [-0.3, -0.25) is 9.36 Å². The Bertz CT molecular complexity index is 990. The molecule has 29 heavy (non-hydrogen) atoms. The molecule has 9 nitrogen and oxygen atoms in total. The second kappa shape index (κ2) is 7.01. The van der Waals surface area contributed by atoms with E-state index in [9.17, 15) is 13.2 Å². The highest BCUT2D eigenvalue weighted by Gasteiger charge is 2.44. The van der Waals surface area contributed by atoms with Gasteiger partial charge in [0, 0.05) is 25.2 Å². The Morgan fingerprint density at radius 2 is 1.97 bits per heavy atom. The third-order valence-electron chi connectivity index (χ3n) is 5.09. The summed E-state index contributed by atoms with van der Waals surface area (Å²) in [5.74, 6) is -0.224. The minimum Gasteiger partial charge on any atom is -0.372 e. The minimum atomic E-state index is -4.53. The van der Waals surface area contributed by atoms with Crippen LogP contribution in [0.4, 0.5) is 30.6 Å². The fourth-order valence-electron chi connectivity index (χ4n) is 3.21. The van der Waals surface area contributed by atoms with E-state index in [0.717, 1.165) is 37.8 Å². The standard InChI is InChI=1S/C17H20F3N9/c1-11-13(26-15-23-5-12(17(18,19)20)14(21-2)27-15)6-24-29(11)8-16(3-4-16)7-28-10-22-9-25-28/h5-6,9-10H,3-4,7-8H2,1-2H3,(H2,21,23,26,27). The van der Waals surface area contributed by atoms with Crippen LogP contribution in [0.3, 0.4) is 0 Å². The van der Waals surface area contributed by atoms with Crippen LogP contribution in [0.2, 0.25) is 0 Å². The van der Waals surface area contributed by atoms with E-state index in [1.165, 1.54) is 13.4 Å². The molecule has 154 valence electrons.